The maximum atomic E-state index is 12.9. The molecular formula is C28H26N2O5S2. The first-order chi connectivity index (χ1) is 17.9. The van der Waals surface area contributed by atoms with Crippen molar-refractivity contribution in [2.24, 2.45) is 0 Å². The lowest BCUT2D eigenvalue weighted by Gasteiger charge is -2.18. The van der Waals surface area contributed by atoms with Crippen LogP contribution in [0.1, 0.15) is 35.5 Å². The van der Waals surface area contributed by atoms with Crippen LogP contribution in [-0.2, 0) is 20.9 Å². The van der Waals surface area contributed by atoms with Crippen molar-refractivity contribution in [3.8, 4) is 11.3 Å². The van der Waals surface area contributed by atoms with Crippen molar-refractivity contribution in [3.05, 3.63) is 88.5 Å². The van der Waals surface area contributed by atoms with Gasteiger partial charge in [0.05, 0.1) is 17.0 Å². The number of amides is 2. The molecule has 3 aromatic rings. The minimum absolute atomic E-state index is 0.154. The Morgan fingerprint density at radius 3 is 2.41 bits per heavy atom. The second-order valence-corrected chi connectivity index (χ2v) is 9.85. The van der Waals surface area contributed by atoms with Crippen molar-refractivity contribution in [2.45, 2.75) is 20.4 Å². The smallest absolute Gasteiger partial charge is 0.338 e. The third-order valence-electron chi connectivity index (χ3n) is 5.81. The molecule has 1 aliphatic rings. The normalized spacial score (nSPS) is 14.3. The standard InChI is InChI=1S/C28H26N2O5S2/c1-3-29(4-2)25(31)18-34-27(33)21-12-10-20(11-13-21)23-15-14-22(35-23)16-24-26(32)30(28(36)37-24)17-19-8-6-5-7-9-19/h5-16H,3-4,17-18H2,1-2H3/b24-16+. The molecule has 2 heterocycles. The highest BCUT2D eigenvalue weighted by Gasteiger charge is 2.32. The number of carbonyl (C=O) groups excluding carboxylic acids is 3. The predicted octanol–water partition coefficient (Wildman–Crippen LogP) is 5.37. The summed E-state index contributed by atoms with van der Waals surface area (Å²) in [5.41, 5.74) is 2.10. The van der Waals surface area contributed by atoms with Gasteiger partial charge in [0.1, 0.15) is 15.8 Å². The number of nitrogens with zero attached hydrogens (tertiary/aromatic N) is 2. The van der Waals surface area contributed by atoms with Gasteiger partial charge in [-0.25, -0.2) is 4.79 Å². The van der Waals surface area contributed by atoms with Gasteiger partial charge in [-0.2, -0.15) is 0 Å². The Balaban J connectivity index is 1.39. The van der Waals surface area contributed by atoms with E-state index in [0.717, 1.165) is 11.1 Å². The van der Waals surface area contributed by atoms with Gasteiger partial charge in [0, 0.05) is 24.7 Å². The molecule has 0 spiro atoms. The molecule has 7 nitrogen and oxygen atoms in total. The van der Waals surface area contributed by atoms with E-state index in [4.69, 9.17) is 21.4 Å². The van der Waals surface area contributed by atoms with E-state index in [2.05, 4.69) is 0 Å². The zero-order valence-electron chi connectivity index (χ0n) is 20.5. The van der Waals surface area contributed by atoms with Crippen LogP contribution >= 0.6 is 24.0 Å². The van der Waals surface area contributed by atoms with Crippen molar-refractivity contribution in [1.82, 2.24) is 9.80 Å². The zero-order valence-corrected chi connectivity index (χ0v) is 22.1. The molecule has 0 unspecified atom stereocenters. The average molecular weight is 535 g/mol. The van der Waals surface area contributed by atoms with Gasteiger partial charge in [-0.3, -0.25) is 14.5 Å². The van der Waals surface area contributed by atoms with E-state index in [1.165, 1.54) is 11.8 Å². The first-order valence-corrected chi connectivity index (χ1v) is 13.1. The Labute approximate surface area is 225 Å². The molecule has 1 saturated heterocycles. The summed E-state index contributed by atoms with van der Waals surface area (Å²) in [6, 6.07) is 20.0. The second kappa shape index (κ2) is 12.0. The minimum Gasteiger partial charge on any atom is -0.457 e. The molecule has 1 fully saturated rings. The van der Waals surface area contributed by atoms with Crippen LogP contribution in [0, 0.1) is 0 Å². The summed E-state index contributed by atoms with van der Waals surface area (Å²) >= 11 is 6.67. The van der Waals surface area contributed by atoms with Gasteiger partial charge >= 0.3 is 5.97 Å². The number of thiocarbonyl (C=S) groups is 1. The minimum atomic E-state index is -0.565. The summed E-state index contributed by atoms with van der Waals surface area (Å²) in [6.07, 6.45) is 1.69. The number of ether oxygens (including phenoxy) is 1. The Bertz CT molecular complexity index is 1330. The molecule has 0 aliphatic carbocycles. The third-order valence-corrected chi connectivity index (χ3v) is 7.18. The van der Waals surface area contributed by atoms with Crippen molar-refractivity contribution in [2.75, 3.05) is 19.7 Å². The number of benzene rings is 2. The lowest BCUT2D eigenvalue weighted by Crippen LogP contribution is -2.34. The van der Waals surface area contributed by atoms with Crippen LogP contribution < -0.4 is 0 Å². The summed E-state index contributed by atoms with van der Waals surface area (Å²) < 4.78 is 11.6. The van der Waals surface area contributed by atoms with E-state index in [1.54, 1.807) is 52.3 Å². The fourth-order valence-electron chi connectivity index (χ4n) is 3.77. The highest BCUT2D eigenvalue weighted by atomic mass is 32.2. The van der Waals surface area contributed by atoms with Crippen molar-refractivity contribution >= 4 is 52.2 Å². The molecule has 2 aromatic carbocycles. The molecule has 9 heteroatoms. The molecule has 0 N–H and O–H groups in total. The number of hydrogen-bond donors (Lipinski definition) is 0. The third kappa shape index (κ3) is 6.36. The van der Waals surface area contributed by atoms with E-state index >= 15 is 0 Å². The largest absolute Gasteiger partial charge is 0.457 e. The maximum Gasteiger partial charge on any atom is 0.338 e. The monoisotopic (exact) mass is 534 g/mol. The van der Waals surface area contributed by atoms with Gasteiger partial charge in [0.25, 0.3) is 11.8 Å². The number of thioether (sulfide) groups is 1. The van der Waals surface area contributed by atoms with Gasteiger partial charge in [0.2, 0.25) is 0 Å². The fraction of sp³-hybridized carbons (Fsp3) is 0.214. The summed E-state index contributed by atoms with van der Waals surface area (Å²) in [6.45, 7) is 5.01. The number of hydrogen-bond acceptors (Lipinski definition) is 7. The molecule has 1 aromatic heterocycles. The average Bonchev–Trinajstić information content (AvgIpc) is 3.49. The van der Waals surface area contributed by atoms with Gasteiger partial charge in [-0.05, 0) is 43.7 Å². The number of esters is 1. The quantitative estimate of drug-likeness (QED) is 0.207. The van der Waals surface area contributed by atoms with Crippen molar-refractivity contribution in [3.63, 3.8) is 0 Å². The topological polar surface area (TPSA) is 80.1 Å². The Morgan fingerprint density at radius 1 is 1.03 bits per heavy atom. The molecule has 0 bridgehead atoms. The highest BCUT2D eigenvalue weighted by Crippen LogP contribution is 2.34. The number of carbonyl (C=O) groups is 3. The summed E-state index contributed by atoms with van der Waals surface area (Å²) in [5, 5.41) is 0. The Morgan fingerprint density at radius 2 is 1.73 bits per heavy atom. The van der Waals surface area contributed by atoms with E-state index in [9.17, 15) is 14.4 Å². The molecule has 4 rings (SSSR count). The summed E-state index contributed by atoms with van der Waals surface area (Å²) in [7, 11) is 0. The SMILES string of the molecule is CCN(CC)C(=O)COC(=O)c1ccc(-c2ccc(/C=C3/SC(=S)N(Cc4ccccc4)C3=O)o2)cc1. The molecule has 0 saturated carbocycles. The predicted molar refractivity (Wildman–Crippen MR) is 148 cm³/mol. The molecule has 1 aliphatic heterocycles. The van der Waals surface area contributed by atoms with Crippen LogP contribution in [0.25, 0.3) is 17.4 Å². The Hall–Kier alpha value is -3.69. The molecular weight excluding hydrogens is 508 g/mol. The van der Waals surface area contributed by atoms with Gasteiger partial charge in [0.15, 0.2) is 6.61 Å². The van der Waals surface area contributed by atoms with Crippen LogP contribution in [0.2, 0.25) is 0 Å². The molecule has 0 atom stereocenters. The van der Waals surface area contributed by atoms with E-state index < -0.39 is 5.97 Å². The molecule has 190 valence electrons. The van der Waals surface area contributed by atoms with Crippen LogP contribution in [-0.4, -0.2) is 51.6 Å². The molecule has 37 heavy (non-hydrogen) atoms. The first kappa shape index (κ1) is 26.4. The molecule has 0 radical (unpaired) electrons. The summed E-state index contributed by atoms with van der Waals surface area (Å²) in [4.78, 5) is 41.0. The number of furan rings is 1. The lowest BCUT2D eigenvalue weighted by molar-refractivity contribution is -0.134. The lowest BCUT2D eigenvalue weighted by atomic mass is 10.1. The van der Waals surface area contributed by atoms with Gasteiger partial charge < -0.3 is 14.1 Å². The molecule has 2 amide bonds. The first-order valence-electron chi connectivity index (χ1n) is 11.8. The Kier molecular flexibility index (Phi) is 8.58. The van der Waals surface area contributed by atoms with E-state index in [-0.39, 0.29) is 18.4 Å². The van der Waals surface area contributed by atoms with Crippen LogP contribution in [0.3, 0.4) is 0 Å². The zero-order chi connectivity index (χ0) is 26.4. The van der Waals surface area contributed by atoms with Gasteiger partial charge in [-0.1, -0.05) is 66.4 Å². The number of rotatable bonds is 9. The van der Waals surface area contributed by atoms with Crippen LogP contribution in [0.15, 0.2) is 76.1 Å². The van der Waals surface area contributed by atoms with Crippen molar-refractivity contribution < 1.29 is 23.5 Å². The van der Waals surface area contributed by atoms with E-state index in [0.29, 0.717) is 45.9 Å². The van der Waals surface area contributed by atoms with Crippen LogP contribution in [0.5, 0.6) is 0 Å². The van der Waals surface area contributed by atoms with Gasteiger partial charge in [-0.15, -0.1) is 0 Å². The fourth-order valence-corrected chi connectivity index (χ4v) is 5.00. The van der Waals surface area contributed by atoms with Crippen molar-refractivity contribution in [1.29, 1.82) is 0 Å². The number of likely N-dealkylation sites (N-methyl/N-ethyl adjacent to an activating group) is 1. The highest BCUT2D eigenvalue weighted by molar-refractivity contribution is 8.26. The second-order valence-electron chi connectivity index (χ2n) is 8.17. The maximum absolute atomic E-state index is 12.9. The van der Waals surface area contributed by atoms with Crippen LogP contribution in [0.4, 0.5) is 0 Å². The summed E-state index contributed by atoms with van der Waals surface area (Å²) in [5.74, 6) is 0.162. The van der Waals surface area contributed by atoms with E-state index in [1.807, 2.05) is 44.2 Å².